The van der Waals surface area contributed by atoms with E-state index in [2.05, 4.69) is 57.5 Å². The number of nitrogens with two attached hydrogens (primary N) is 2. The molecule has 0 radical (unpaired) electrons. The molecule has 6 heterocycles. The van der Waals surface area contributed by atoms with E-state index >= 15 is 0 Å². The third-order valence-electron chi connectivity index (χ3n) is 11.9. The van der Waals surface area contributed by atoms with Crippen LogP contribution in [0.15, 0.2) is 35.7 Å². The lowest BCUT2D eigenvalue weighted by Gasteiger charge is -2.29. The molecule has 1 fully saturated rings. The number of carbonyl (C=O) groups is 9. The molecule has 24 nitrogen and oxygen atoms in total. The first kappa shape index (κ1) is 49.9. The number of carbonyl (C=O) groups excluding carboxylic acids is 8. The maximum absolute atomic E-state index is 14.7. The molecule has 2 aromatic heterocycles. The van der Waals surface area contributed by atoms with Crippen LogP contribution in [0.3, 0.4) is 0 Å². The number of carboxylic acids is 1. The number of aliphatic carboxylic acids is 1. The maximum Gasteiger partial charge on any atom is 0.326 e. The van der Waals surface area contributed by atoms with Crippen molar-refractivity contribution in [3.63, 3.8) is 0 Å². The van der Waals surface area contributed by atoms with Gasteiger partial charge in [-0.25, -0.2) is 9.78 Å². The number of aliphatic imine (C=N–C) groups is 1. The topological polar surface area (TPSA) is 368 Å². The average Bonchev–Trinajstić information content (AvgIpc) is 4.02. The zero-order valence-corrected chi connectivity index (χ0v) is 38.3. The summed E-state index contributed by atoms with van der Waals surface area (Å²) in [4.78, 5) is 134. The molecule has 0 aliphatic carbocycles. The summed E-state index contributed by atoms with van der Waals surface area (Å²) < 4.78 is 1.56. The van der Waals surface area contributed by atoms with E-state index in [9.17, 15) is 48.3 Å². The first-order valence-corrected chi connectivity index (χ1v) is 22.6. The highest BCUT2D eigenvalue weighted by Crippen LogP contribution is 2.29. The predicted octanol–water partition coefficient (Wildman–Crippen LogP) is -2.85. The SMILES string of the molecule is CC(C)CC1NC(=O)C(NC(=O)C2CCC(=O)N2)Cc2ccc3c4c([nH]c3c2)-n2cnc(c2)CC(C(=O)O)NC(=O)CNC(=O)C(CCCN=C(N)N)NC(=O)C(C4)NC(=O)C(C(C)C)NC1=O. The summed E-state index contributed by atoms with van der Waals surface area (Å²) in [7, 11) is 0. The van der Waals surface area contributed by atoms with Crippen LogP contribution in [-0.4, -0.2) is 134 Å². The fourth-order valence-corrected chi connectivity index (χ4v) is 8.39. The van der Waals surface area contributed by atoms with Gasteiger partial charge in [-0.2, -0.15) is 0 Å². The Balaban J connectivity index is 1.51. The van der Waals surface area contributed by atoms with E-state index in [1.165, 1.54) is 6.33 Å². The molecule has 366 valence electrons. The molecular formula is C44H60N14O10. The maximum atomic E-state index is 14.7. The van der Waals surface area contributed by atoms with E-state index in [1.807, 2.05) is 13.8 Å². The van der Waals surface area contributed by atoms with E-state index < -0.39 is 102 Å². The van der Waals surface area contributed by atoms with Crippen LogP contribution in [0.4, 0.5) is 0 Å². The number of hydrogen-bond donors (Lipinski definition) is 12. The minimum atomic E-state index is -1.45. The fourth-order valence-electron chi connectivity index (χ4n) is 8.39. The highest BCUT2D eigenvalue weighted by molar-refractivity contribution is 5.99. The molecule has 24 heteroatoms. The molecule has 3 aromatic rings. The number of imidazole rings is 1. The first-order chi connectivity index (χ1) is 32.3. The standard InChI is InChI=1S/C44H60N14O10/c1-20(2)12-29-41(65)57-35(21(3)4)42(66)56-31-16-25-24-8-7-22(14-30(39(63)54-29)55-38(62)27-9-10-33(59)50-27)13-28(24)52-36(25)58-18-23(49-19-58)15-32(43(67)68)51-34(60)17-48-37(61)26(53-40(31)64)6-5-11-47-44(45)46/h7-8,13,18-21,26-27,29-32,35,52H,5-6,9-12,14-17H2,1-4H3,(H,48,61)(H,50,59)(H,51,60)(H,53,64)(H,54,63)(H,55,62)(H,56,66)(H,57,65)(H,67,68)(H4,45,46,47). The molecule has 7 unspecified atom stereocenters. The number of fused-ring (bicyclic) bond motifs is 13. The molecule has 1 aromatic carbocycles. The zero-order valence-electron chi connectivity index (χ0n) is 38.3. The van der Waals surface area contributed by atoms with Crippen LogP contribution in [0, 0.1) is 11.8 Å². The second-order valence-electron chi connectivity index (χ2n) is 18.1. The Kier molecular flexibility index (Phi) is 16.0. The molecule has 14 N–H and O–H groups in total. The van der Waals surface area contributed by atoms with Crippen molar-refractivity contribution in [1.29, 1.82) is 0 Å². The van der Waals surface area contributed by atoms with Crippen molar-refractivity contribution < 1.29 is 48.3 Å². The number of guanidine groups is 1. The summed E-state index contributed by atoms with van der Waals surface area (Å²) in [5, 5.41) is 32.0. The largest absolute Gasteiger partial charge is 0.480 e. The fraction of sp³-hybridized carbons (Fsp3) is 0.523. The van der Waals surface area contributed by atoms with Crippen LogP contribution < -0.4 is 54.0 Å². The van der Waals surface area contributed by atoms with Crippen LogP contribution in [0.25, 0.3) is 16.7 Å². The summed E-state index contributed by atoms with van der Waals surface area (Å²) in [6.45, 7) is 6.51. The average molecular weight is 945 g/mol. The van der Waals surface area contributed by atoms with Gasteiger partial charge in [0.25, 0.3) is 0 Å². The molecule has 4 aliphatic rings. The van der Waals surface area contributed by atoms with Crippen molar-refractivity contribution in [2.75, 3.05) is 13.1 Å². The minimum Gasteiger partial charge on any atom is -0.480 e. The quantitative estimate of drug-likeness (QED) is 0.0422. The van der Waals surface area contributed by atoms with Crippen molar-refractivity contribution >= 4 is 70.1 Å². The third-order valence-corrected chi connectivity index (χ3v) is 11.9. The minimum absolute atomic E-state index is 0.0304. The lowest BCUT2D eigenvalue weighted by molar-refractivity contribution is -0.141. The molecule has 0 saturated carbocycles. The number of nitrogens with zero attached hydrogens (tertiary/aromatic N) is 3. The Morgan fingerprint density at radius 2 is 1.59 bits per heavy atom. The van der Waals surface area contributed by atoms with Gasteiger partial charge in [-0.05, 0) is 49.1 Å². The number of H-pyrrole nitrogens is 1. The second-order valence-corrected chi connectivity index (χ2v) is 18.1. The van der Waals surface area contributed by atoms with Gasteiger partial charge in [0, 0.05) is 54.9 Å². The van der Waals surface area contributed by atoms with Gasteiger partial charge < -0.3 is 64.1 Å². The van der Waals surface area contributed by atoms with Gasteiger partial charge >= 0.3 is 5.97 Å². The summed E-state index contributed by atoms with van der Waals surface area (Å²) in [6, 6.07) is -3.54. The van der Waals surface area contributed by atoms with Gasteiger partial charge in [-0.1, -0.05) is 39.8 Å². The molecule has 7 bridgehead atoms. The van der Waals surface area contributed by atoms with Gasteiger partial charge in [0.15, 0.2) is 5.96 Å². The van der Waals surface area contributed by atoms with E-state index in [1.54, 1.807) is 42.8 Å². The number of rotatable bonds is 10. The van der Waals surface area contributed by atoms with E-state index in [-0.39, 0.29) is 81.4 Å². The van der Waals surface area contributed by atoms with Gasteiger partial charge in [-0.15, -0.1) is 0 Å². The normalized spacial score (nSPS) is 24.3. The smallest absolute Gasteiger partial charge is 0.326 e. The van der Waals surface area contributed by atoms with Gasteiger partial charge in [0.2, 0.25) is 47.3 Å². The van der Waals surface area contributed by atoms with Crippen LogP contribution in [0.2, 0.25) is 0 Å². The summed E-state index contributed by atoms with van der Waals surface area (Å²) >= 11 is 0. The molecule has 0 spiro atoms. The van der Waals surface area contributed by atoms with Crippen molar-refractivity contribution in [3.8, 4) is 5.82 Å². The van der Waals surface area contributed by atoms with Crippen LogP contribution in [-0.2, 0) is 62.4 Å². The highest BCUT2D eigenvalue weighted by atomic mass is 16.4. The van der Waals surface area contributed by atoms with Gasteiger partial charge in [-0.3, -0.25) is 47.9 Å². The first-order valence-electron chi connectivity index (χ1n) is 22.6. The summed E-state index contributed by atoms with van der Waals surface area (Å²) in [5.74, 6) is -7.36. The zero-order chi connectivity index (χ0) is 49.4. The Labute approximate surface area is 390 Å². The van der Waals surface area contributed by atoms with Gasteiger partial charge in [0.05, 0.1) is 12.2 Å². The highest BCUT2D eigenvalue weighted by Gasteiger charge is 2.37. The second kappa shape index (κ2) is 21.8. The van der Waals surface area contributed by atoms with Crippen LogP contribution >= 0.6 is 0 Å². The molecule has 7 atom stereocenters. The third kappa shape index (κ3) is 12.7. The van der Waals surface area contributed by atoms with Gasteiger partial charge in [0.1, 0.15) is 54.4 Å². The van der Waals surface area contributed by atoms with Crippen LogP contribution in [0.1, 0.15) is 76.6 Å². The summed E-state index contributed by atoms with van der Waals surface area (Å²) in [6.07, 6.45) is 3.08. The number of aromatic nitrogens is 3. The van der Waals surface area contributed by atoms with E-state index in [0.717, 1.165) is 0 Å². The van der Waals surface area contributed by atoms with Crippen molar-refractivity contribution in [3.05, 3.63) is 47.5 Å². The van der Waals surface area contributed by atoms with E-state index in [4.69, 9.17) is 11.5 Å². The lowest BCUT2D eigenvalue weighted by atomic mass is 9.98. The number of carboxylic acid groups (broad SMARTS) is 1. The molecule has 8 amide bonds. The number of hydrogen-bond acceptors (Lipinski definition) is 11. The summed E-state index contributed by atoms with van der Waals surface area (Å²) in [5.41, 5.74) is 12.8. The molecule has 4 aliphatic heterocycles. The number of nitrogens with one attached hydrogen (secondary N) is 9. The van der Waals surface area contributed by atoms with Crippen LogP contribution in [0.5, 0.6) is 0 Å². The number of aromatic amines is 1. The molecule has 68 heavy (non-hydrogen) atoms. The van der Waals surface area contributed by atoms with Crippen molar-refractivity contribution in [2.45, 2.75) is 121 Å². The Morgan fingerprint density at radius 1 is 0.853 bits per heavy atom. The molecule has 1 saturated heterocycles. The van der Waals surface area contributed by atoms with Crippen molar-refractivity contribution in [1.82, 2.24) is 57.1 Å². The molecular weight excluding hydrogens is 885 g/mol. The predicted molar refractivity (Wildman–Crippen MR) is 244 cm³/mol. The number of amides is 8. The Morgan fingerprint density at radius 3 is 2.26 bits per heavy atom. The van der Waals surface area contributed by atoms with E-state index in [0.29, 0.717) is 27.8 Å². The molecule has 7 rings (SSSR count). The Hall–Kier alpha value is -7.53. The lowest BCUT2D eigenvalue weighted by Crippen LogP contribution is -2.61. The Bertz CT molecular complexity index is 2480. The monoisotopic (exact) mass is 944 g/mol. The number of benzene rings is 1. The van der Waals surface area contributed by atoms with Crippen molar-refractivity contribution in [2.24, 2.45) is 28.3 Å².